The Morgan fingerprint density at radius 2 is 2.44 bits per heavy atom. The zero-order valence-electron chi connectivity index (χ0n) is 9.17. The predicted molar refractivity (Wildman–Crippen MR) is 59.9 cm³/mol. The van der Waals surface area contributed by atoms with Gasteiger partial charge in [0.15, 0.2) is 0 Å². The maximum absolute atomic E-state index is 11.1. The van der Waals surface area contributed by atoms with E-state index >= 15 is 0 Å². The Bertz CT molecular complexity index is 353. The Kier molecular flexibility index (Phi) is 3.51. The van der Waals surface area contributed by atoms with Gasteiger partial charge in [0.05, 0.1) is 0 Å². The Morgan fingerprint density at radius 3 is 3.12 bits per heavy atom. The lowest BCUT2D eigenvalue weighted by molar-refractivity contribution is -0.144. The topological polar surface area (TPSA) is 53.4 Å². The highest BCUT2D eigenvalue weighted by molar-refractivity contribution is 5.73. The second kappa shape index (κ2) is 5.07. The number of pyridine rings is 1. The summed E-state index contributed by atoms with van der Waals surface area (Å²) in [6, 6.07) is 3.55. The van der Waals surface area contributed by atoms with Crippen molar-refractivity contribution in [2.45, 2.75) is 31.8 Å². The Morgan fingerprint density at radius 1 is 1.56 bits per heavy atom. The van der Waals surface area contributed by atoms with Crippen molar-refractivity contribution in [1.82, 2.24) is 9.88 Å². The van der Waals surface area contributed by atoms with Crippen LogP contribution in [0.2, 0.25) is 0 Å². The zero-order valence-corrected chi connectivity index (χ0v) is 9.17. The van der Waals surface area contributed by atoms with Crippen molar-refractivity contribution >= 4 is 5.97 Å². The van der Waals surface area contributed by atoms with Gasteiger partial charge in [-0.3, -0.25) is 14.7 Å². The first kappa shape index (κ1) is 11.1. The number of rotatable bonds is 3. The third-order valence-corrected chi connectivity index (χ3v) is 3.01. The van der Waals surface area contributed by atoms with Crippen molar-refractivity contribution in [3.63, 3.8) is 0 Å². The number of aromatic nitrogens is 1. The molecule has 0 aromatic carbocycles. The fourth-order valence-corrected chi connectivity index (χ4v) is 2.19. The molecule has 1 fully saturated rings. The minimum atomic E-state index is -0.705. The lowest BCUT2D eigenvalue weighted by Crippen LogP contribution is -2.43. The number of aliphatic carboxylic acids is 1. The number of carboxylic acid groups (broad SMARTS) is 1. The fraction of sp³-hybridized carbons (Fsp3) is 0.500. The molecule has 2 heterocycles. The highest BCUT2D eigenvalue weighted by Gasteiger charge is 2.28. The van der Waals surface area contributed by atoms with Crippen LogP contribution in [0.15, 0.2) is 24.5 Å². The first-order chi connectivity index (χ1) is 7.77. The van der Waals surface area contributed by atoms with Crippen LogP contribution >= 0.6 is 0 Å². The molecule has 16 heavy (non-hydrogen) atoms. The van der Waals surface area contributed by atoms with Crippen LogP contribution < -0.4 is 0 Å². The summed E-state index contributed by atoms with van der Waals surface area (Å²) in [5.74, 6) is -0.705. The number of carbonyl (C=O) groups is 1. The lowest BCUT2D eigenvalue weighted by atomic mass is 10.0. The van der Waals surface area contributed by atoms with Crippen molar-refractivity contribution < 1.29 is 9.90 Å². The zero-order chi connectivity index (χ0) is 11.4. The standard InChI is InChI=1S/C12H16N2O2/c15-12(16)11-5-1-2-7-14(11)9-10-4-3-6-13-8-10/h3-4,6,8,11H,1-2,5,7,9H2,(H,15,16). The Labute approximate surface area is 94.9 Å². The normalized spacial score (nSPS) is 21.9. The monoisotopic (exact) mass is 220 g/mol. The predicted octanol–water partition coefficient (Wildman–Crippen LogP) is 1.52. The van der Waals surface area contributed by atoms with E-state index in [1.165, 1.54) is 0 Å². The quantitative estimate of drug-likeness (QED) is 0.839. The molecule has 1 aromatic heterocycles. The van der Waals surface area contributed by atoms with Crippen molar-refractivity contribution in [3.05, 3.63) is 30.1 Å². The maximum Gasteiger partial charge on any atom is 0.320 e. The number of carboxylic acids is 1. The summed E-state index contributed by atoms with van der Waals surface area (Å²) >= 11 is 0. The van der Waals surface area contributed by atoms with E-state index in [0.717, 1.165) is 31.4 Å². The molecule has 0 amide bonds. The molecule has 1 saturated heterocycles. The molecule has 1 unspecified atom stereocenters. The molecule has 0 bridgehead atoms. The average molecular weight is 220 g/mol. The molecule has 1 aromatic rings. The van der Waals surface area contributed by atoms with Gasteiger partial charge < -0.3 is 5.11 Å². The van der Waals surface area contributed by atoms with Crippen molar-refractivity contribution in [3.8, 4) is 0 Å². The molecule has 0 saturated carbocycles. The molecule has 4 nitrogen and oxygen atoms in total. The molecule has 86 valence electrons. The van der Waals surface area contributed by atoms with E-state index in [4.69, 9.17) is 5.11 Å². The van der Waals surface area contributed by atoms with E-state index in [1.54, 1.807) is 12.4 Å². The van der Waals surface area contributed by atoms with E-state index in [2.05, 4.69) is 4.98 Å². The van der Waals surface area contributed by atoms with Gasteiger partial charge in [0.25, 0.3) is 0 Å². The summed E-state index contributed by atoms with van der Waals surface area (Å²) in [4.78, 5) is 17.2. The first-order valence-corrected chi connectivity index (χ1v) is 5.63. The molecular formula is C12H16N2O2. The van der Waals surface area contributed by atoms with E-state index in [9.17, 15) is 4.79 Å². The van der Waals surface area contributed by atoms with Crippen LogP contribution in [0.1, 0.15) is 24.8 Å². The highest BCUT2D eigenvalue weighted by atomic mass is 16.4. The van der Waals surface area contributed by atoms with Gasteiger partial charge in [-0.05, 0) is 31.0 Å². The van der Waals surface area contributed by atoms with Crippen LogP contribution in [0.5, 0.6) is 0 Å². The number of piperidine rings is 1. The summed E-state index contributed by atoms with van der Waals surface area (Å²) < 4.78 is 0. The molecule has 1 N–H and O–H groups in total. The SMILES string of the molecule is O=C(O)C1CCCCN1Cc1cccnc1. The van der Waals surface area contributed by atoms with Crippen LogP contribution in [0, 0.1) is 0 Å². The molecule has 1 atom stereocenters. The second-order valence-electron chi connectivity index (χ2n) is 4.18. The van der Waals surface area contributed by atoms with Gasteiger partial charge in [0.2, 0.25) is 0 Å². The third kappa shape index (κ3) is 2.58. The summed E-state index contributed by atoms with van der Waals surface area (Å²) in [6.45, 7) is 1.55. The Hall–Kier alpha value is -1.42. The fourth-order valence-electron chi connectivity index (χ4n) is 2.19. The maximum atomic E-state index is 11.1. The smallest absolute Gasteiger partial charge is 0.320 e. The molecule has 2 rings (SSSR count). The number of likely N-dealkylation sites (tertiary alicyclic amines) is 1. The van der Waals surface area contributed by atoms with E-state index < -0.39 is 5.97 Å². The number of hydrogen-bond acceptors (Lipinski definition) is 3. The summed E-state index contributed by atoms with van der Waals surface area (Å²) in [5, 5.41) is 9.13. The lowest BCUT2D eigenvalue weighted by Gasteiger charge is -2.32. The van der Waals surface area contributed by atoms with Crippen molar-refractivity contribution in [2.75, 3.05) is 6.54 Å². The minimum Gasteiger partial charge on any atom is -0.480 e. The molecule has 0 spiro atoms. The Balaban J connectivity index is 2.04. The molecule has 0 aliphatic carbocycles. The van der Waals surface area contributed by atoms with E-state index in [1.807, 2.05) is 17.0 Å². The molecular weight excluding hydrogens is 204 g/mol. The molecule has 1 aliphatic rings. The second-order valence-corrected chi connectivity index (χ2v) is 4.18. The first-order valence-electron chi connectivity index (χ1n) is 5.63. The average Bonchev–Trinajstić information content (AvgIpc) is 2.31. The highest BCUT2D eigenvalue weighted by Crippen LogP contribution is 2.19. The number of nitrogens with zero attached hydrogens (tertiary/aromatic N) is 2. The van der Waals surface area contributed by atoms with Gasteiger partial charge in [-0.1, -0.05) is 12.5 Å². The van der Waals surface area contributed by atoms with Crippen LogP contribution in [0.4, 0.5) is 0 Å². The third-order valence-electron chi connectivity index (χ3n) is 3.01. The summed E-state index contributed by atoms with van der Waals surface area (Å²) in [5.41, 5.74) is 1.08. The van der Waals surface area contributed by atoms with Crippen LogP contribution in [0.25, 0.3) is 0 Å². The summed E-state index contributed by atoms with van der Waals surface area (Å²) in [6.07, 6.45) is 6.39. The summed E-state index contributed by atoms with van der Waals surface area (Å²) in [7, 11) is 0. The van der Waals surface area contributed by atoms with E-state index in [-0.39, 0.29) is 6.04 Å². The van der Waals surface area contributed by atoms with Gasteiger partial charge in [0.1, 0.15) is 6.04 Å². The van der Waals surface area contributed by atoms with Gasteiger partial charge >= 0.3 is 5.97 Å². The van der Waals surface area contributed by atoms with Gasteiger partial charge in [-0.2, -0.15) is 0 Å². The molecule has 1 aliphatic heterocycles. The van der Waals surface area contributed by atoms with Crippen molar-refractivity contribution in [1.29, 1.82) is 0 Å². The van der Waals surface area contributed by atoms with Crippen LogP contribution in [-0.2, 0) is 11.3 Å². The largest absolute Gasteiger partial charge is 0.480 e. The van der Waals surface area contributed by atoms with E-state index in [0.29, 0.717) is 6.54 Å². The van der Waals surface area contributed by atoms with Gasteiger partial charge in [0, 0.05) is 18.9 Å². The van der Waals surface area contributed by atoms with Gasteiger partial charge in [-0.15, -0.1) is 0 Å². The van der Waals surface area contributed by atoms with Crippen LogP contribution in [-0.4, -0.2) is 33.5 Å². The molecule has 4 heteroatoms. The molecule has 0 radical (unpaired) electrons. The van der Waals surface area contributed by atoms with Crippen LogP contribution in [0.3, 0.4) is 0 Å². The van der Waals surface area contributed by atoms with Crippen molar-refractivity contribution in [2.24, 2.45) is 0 Å². The van der Waals surface area contributed by atoms with Gasteiger partial charge in [-0.25, -0.2) is 0 Å². The minimum absolute atomic E-state index is 0.325. The number of hydrogen-bond donors (Lipinski definition) is 1.